The lowest BCUT2D eigenvalue weighted by atomic mass is 10.0. The fourth-order valence-electron chi connectivity index (χ4n) is 4.00. The lowest BCUT2D eigenvalue weighted by Crippen LogP contribution is -2.51. The van der Waals surface area contributed by atoms with Gasteiger partial charge in [0.25, 0.3) is 0 Å². The molecule has 0 fully saturated rings. The number of carbonyl (C=O) groups excluding carboxylic acids is 6. The summed E-state index contributed by atoms with van der Waals surface area (Å²) in [5.74, 6) is -6.10. The number of ketones is 2. The average molecular weight is 672 g/mol. The van der Waals surface area contributed by atoms with Gasteiger partial charge in [0.1, 0.15) is 17.6 Å². The highest BCUT2D eigenvalue weighted by Crippen LogP contribution is 2.06. The van der Waals surface area contributed by atoms with Crippen molar-refractivity contribution in [2.24, 2.45) is 50.3 Å². The van der Waals surface area contributed by atoms with E-state index in [4.69, 9.17) is 34.4 Å². The Hall–Kier alpha value is -4.89. The van der Waals surface area contributed by atoms with E-state index in [-0.39, 0.29) is 96.0 Å². The van der Waals surface area contributed by atoms with Crippen molar-refractivity contribution in [2.45, 2.75) is 25.8 Å². The Morgan fingerprint density at radius 2 is 1.15 bits per heavy atom. The highest BCUT2D eigenvalue weighted by atomic mass is 16.4. The van der Waals surface area contributed by atoms with Crippen molar-refractivity contribution in [3.63, 3.8) is 0 Å². The summed E-state index contributed by atoms with van der Waals surface area (Å²) in [7, 11) is 1.41. The Morgan fingerprint density at radius 1 is 0.660 bits per heavy atom. The maximum Gasteiger partial charge on any atom is 0.317 e. The molecule has 0 aromatic carbocycles. The maximum atomic E-state index is 12.8. The summed E-state index contributed by atoms with van der Waals surface area (Å²) in [5.41, 5.74) is 31.8. The lowest BCUT2D eigenvalue weighted by molar-refractivity contribution is -0.139. The summed E-state index contributed by atoms with van der Waals surface area (Å²) in [5, 5.41) is 14.4. The van der Waals surface area contributed by atoms with Gasteiger partial charge >= 0.3 is 5.97 Å². The molecule has 2 unspecified atom stereocenters. The molecule has 0 spiro atoms. The highest BCUT2D eigenvalue weighted by molar-refractivity contribution is 5.89. The van der Waals surface area contributed by atoms with Gasteiger partial charge in [-0.2, -0.15) is 0 Å². The van der Waals surface area contributed by atoms with Gasteiger partial charge in [-0.15, -0.1) is 0 Å². The molecule has 266 valence electrons. The number of nitrogens with zero attached hydrogens (tertiary/aromatic N) is 5. The molecular weight excluding hydrogens is 622 g/mol. The van der Waals surface area contributed by atoms with Crippen molar-refractivity contribution in [3.05, 3.63) is 0 Å². The van der Waals surface area contributed by atoms with E-state index in [1.165, 1.54) is 21.7 Å². The number of likely N-dealkylation sites (N-methyl/N-ethyl adjacent to an activating group) is 1. The molecule has 47 heavy (non-hydrogen) atoms. The minimum absolute atomic E-state index is 0.0566. The largest absolute Gasteiger partial charge is 0.480 e. The second-order valence-electron chi connectivity index (χ2n) is 10.6. The number of aliphatic imine (C=N–C) groups is 2. The number of carboxylic acid groups (broad SMARTS) is 1. The van der Waals surface area contributed by atoms with Gasteiger partial charge in [-0.05, 0) is 0 Å². The number of amides is 4. The molecule has 0 saturated heterocycles. The maximum absolute atomic E-state index is 12.8. The molecule has 0 radical (unpaired) electrons. The molecule has 15 N–H and O–H groups in total. The number of hydrogen-bond donors (Lipinski definition) is 9. The number of primary amides is 2. The van der Waals surface area contributed by atoms with E-state index < -0.39 is 53.9 Å². The van der Waals surface area contributed by atoms with Crippen molar-refractivity contribution < 1.29 is 38.7 Å². The second kappa shape index (κ2) is 22.6. The van der Waals surface area contributed by atoms with Gasteiger partial charge in [-0.1, -0.05) is 6.92 Å². The van der Waals surface area contributed by atoms with E-state index >= 15 is 0 Å². The molecule has 0 aromatic heterocycles. The molecule has 0 aliphatic carbocycles. The van der Waals surface area contributed by atoms with E-state index in [1.54, 1.807) is 6.92 Å². The minimum atomic E-state index is -1.21. The number of nitrogens with one attached hydrogen (secondary N) is 2. The van der Waals surface area contributed by atoms with Crippen LogP contribution in [-0.4, -0.2) is 158 Å². The third-order valence-electron chi connectivity index (χ3n) is 6.54. The zero-order chi connectivity index (χ0) is 36.1. The van der Waals surface area contributed by atoms with E-state index in [1.807, 2.05) is 0 Å². The zero-order valence-electron chi connectivity index (χ0n) is 26.9. The van der Waals surface area contributed by atoms with Crippen LogP contribution in [0.25, 0.3) is 0 Å². The number of nitrogens with two attached hydrogens (primary N) is 6. The van der Waals surface area contributed by atoms with Crippen LogP contribution in [0, 0.1) is 5.92 Å². The van der Waals surface area contributed by atoms with E-state index in [0.29, 0.717) is 0 Å². The summed E-state index contributed by atoms with van der Waals surface area (Å²) >= 11 is 0. The third kappa shape index (κ3) is 20.7. The SMILES string of the molecule is CCC(=O)CN(CCN(CCN(CC(=O)CC(CN=C(N)N)C(N)=O)CC(=O)NC)CC(=O)O)CC(=O)NC(CN=C(N)N)C(N)=O. The van der Waals surface area contributed by atoms with Crippen molar-refractivity contribution in [3.8, 4) is 0 Å². The monoisotopic (exact) mass is 671 g/mol. The van der Waals surface area contributed by atoms with Crippen LogP contribution in [-0.2, 0) is 33.6 Å². The normalized spacial score (nSPS) is 12.2. The van der Waals surface area contributed by atoms with Crippen LogP contribution >= 0.6 is 0 Å². The summed E-state index contributed by atoms with van der Waals surface area (Å²) in [6.07, 6.45) is -0.114. The molecule has 0 aliphatic rings. The van der Waals surface area contributed by atoms with Crippen LogP contribution in [0.5, 0.6) is 0 Å². The molecule has 0 aliphatic heterocycles. The fourth-order valence-corrected chi connectivity index (χ4v) is 4.00. The Bertz CT molecular complexity index is 1080. The number of Topliss-reactive ketones (excluding diaryl/α,β-unsaturated/α-hetero) is 2. The predicted molar refractivity (Wildman–Crippen MR) is 171 cm³/mol. The first-order valence-electron chi connectivity index (χ1n) is 14.6. The molecule has 0 saturated carbocycles. The standard InChI is InChI=1S/C26H49N13O8/c1-3-17(40)11-38(14-21(43)36-19(24(28)47)10-35-26(31)32)6-4-37(15-22(44)45)5-7-39(13-20(42)33-2)12-18(41)8-16(23(27)46)9-34-25(29)30/h16,19H,3-15H2,1-2H3,(H2,27,46)(H2,28,47)(H,33,42)(H,36,43)(H,44,45)(H4,29,30,34)(H4,31,32,35). The molecule has 4 amide bonds. The van der Waals surface area contributed by atoms with Crippen LogP contribution < -0.4 is 45.0 Å². The summed E-state index contributed by atoms with van der Waals surface area (Å²) in [6, 6.07) is -1.21. The van der Waals surface area contributed by atoms with Crippen LogP contribution in [0.3, 0.4) is 0 Å². The first-order chi connectivity index (χ1) is 22.0. The Morgan fingerprint density at radius 3 is 1.60 bits per heavy atom. The molecular formula is C26H49N13O8. The smallest absolute Gasteiger partial charge is 0.317 e. The molecule has 21 heteroatoms. The van der Waals surface area contributed by atoms with Gasteiger partial charge in [0, 0.05) is 46.1 Å². The number of rotatable bonds is 26. The Balaban J connectivity index is 5.67. The fraction of sp³-hybridized carbons (Fsp3) is 0.654. The van der Waals surface area contributed by atoms with Gasteiger partial charge in [0.05, 0.1) is 51.7 Å². The van der Waals surface area contributed by atoms with E-state index in [9.17, 15) is 38.7 Å². The number of guanidine groups is 2. The van der Waals surface area contributed by atoms with E-state index in [0.717, 1.165) is 0 Å². The summed E-state index contributed by atoms with van der Waals surface area (Å²) < 4.78 is 0. The van der Waals surface area contributed by atoms with Gasteiger partial charge in [-0.3, -0.25) is 58.2 Å². The topological polar surface area (TPSA) is 354 Å². The Kier molecular flexibility index (Phi) is 20.2. The minimum Gasteiger partial charge on any atom is -0.480 e. The zero-order valence-corrected chi connectivity index (χ0v) is 26.9. The number of hydrogen-bond acceptors (Lipinski definition) is 12. The number of aliphatic carboxylic acids is 1. The molecule has 21 nitrogen and oxygen atoms in total. The molecule has 0 heterocycles. The van der Waals surface area contributed by atoms with Crippen molar-refractivity contribution in [1.82, 2.24) is 25.3 Å². The molecule has 0 bridgehead atoms. The van der Waals surface area contributed by atoms with Gasteiger partial charge in [0.2, 0.25) is 23.6 Å². The Labute approximate surface area is 272 Å². The van der Waals surface area contributed by atoms with Crippen LogP contribution in [0.2, 0.25) is 0 Å². The molecule has 0 rings (SSSR count). The second-order valence-corrected chi connectivity index (χ2v) is 10.6. The lowest BCUT2D eigenvalue weighted by Gasteiger charge is -2.29. The van der Waals surface area contributed by atoms with Crippen LogP contribution in [0.4, 0.5) is 0 Å². The first-order valence-corrected chi connectivity index (χ1v) is 14.6. The number of carbonyl (C=O) groups is 7. The van der Waals surface area contributed by atoms with Crippen molar-refractivity contribution in [2.75, 3.05) is 79.0 Å². The average Bonchev–Trinajstić information content (AvgIpc) is 2.97. The van der Waals surface area contributed by atoms with Gasteiger partial charge < -0.3 is 50.1 Å². The van der Waals surface area contributed by atoms with Crippen molar-refractivity contribution >= 4 is 53.1 Å². The van der Waals surface area contributed by atoms with Crippen LogP contribution in [0.15, 0.2) is 9.98 Å². The number of carboxylic acids is 1. The predicted octanol–water partition coefficient (Wildman–Crippen LogP) is -6.72. The highest BCUT2D eigenvalue weighted by Gasteiger charge is 2.24. The first kappa shape index (κ1) is 42.1. The summed E-state index contributed by atoms with van der Waals surface area (Å²) in [4.78, 5) is 97.0. The van der Waals surface area contributed by atoms with E-state index in [2.05, 4.69) is 20.6 Å². The summed E-state index contributed by atoms with van der Waals surface area (Å²) in [6.45, 7) is 0.00344. The van der Waals surface area contributed by atoms with Crippen molar-refractivity contribution in [1.29, 1.82) is 0 Å². The molecule has 2 atom stereocenters. The quantitative estimate of drug-likeness (QED) is 0.0305. The molecule has 0 aromatic rings. The van der Waals surface area contributed by atoms with Crippen LogP contribution in [0.1, 0.15) is 19.8 Å². The van der Waals surface area contributed by atoms with Gasteiger partial charge in [0.15, 0.2) is 11.9 Å². The van der Waals surface area contributed by atoms with Gasteiger partial charge in [-0.25, -0.2) is 0 Å². The third-order valence-corrected chi connectivity index (χ3v) is 6.54.